The van der Waals surface area contributed by atoms with Gasteiger partial charge in [0, 0.05) is 18.3 Å². The number of nitrogens with zero attached hydrogens (tertiary/aromatic N) is 2. The van der Waals surface area contributed by atoms with E-state index in [1.165, 1.54) is 25.7 Å². The number of anilines is 1. The highest BCUT2D eigenvalue weighted by atomic mass is 15.0. The minimum atomic E-state index is 0.679. The van der Waals surface area contributed by atoms with E-state index in [1.807, 2.05) is 0 Å². The number of hydrogen-bond donors (Lipinski definition) is 2. The number of rotatable bonds is 6. The molecule has 0 aromatic carbocycles. The first-order valence-corrected chi connectivity index (χ1v) is 7.58. The lowest BCUT2D eigenvalue weighted by Gasteiger charge is -2.30. The van der Waals surface area contributed by atoms with Crippen LogP contribution in [0.1, 0.15) is 44.7 Å². The Labute approximate surface area is 116 Å². The van der Waals surface area contributed by atoms with Gasteiger partial charge >= 0.3 is 0 Å². The van der Waals surface area contributed by atoms with Crippen molar-refractivity contribution < 1.29 is 0 Å². The maximum Gasteiger partial charge on any atom is 0.129 e. The van der Waals surface area contributed by atoms with Crippen LogP contribution in [0.5, 0.6) is 0 Å². The Kier molecular flexibility index (Phi) is 5.58. The molecule has 2 atom stereocenters. The molecule has 2 rings (SSSR count). The summed E-state index contributed by atoms with van der Waals surface area (Å²) in [5.41, 5.74) is 7.00. The molecule has 1 aromatic rings. The molecule has 106 valence electrons. The summed E-state index contributed by atoms with van der Waals surface area (Å²) in [6, 6.07) is 2.07. The molecule has 1 fully saturated rings. The van der Waals surface area contributed by atoms with Crippen molar-refractivity contribution in [1.29, 1.82) is 0 Å². The van der Waals surface area contributed by atoms with E-state index in [2.05, 4.69) is 28.3 Å². The number of aromatic nitrogens is 2. The molecule has 0 aliphatic heterocycles. The van der Waals surface area contributed by atoms with Gasteiger partial charge in [-0.1, -0.05) is 26.2 Å². The summed E-state index contributed by atoms with van der Waals surface area (Å²) in [5, 5.41) is 3.47. The fourth-order valence-corrected chi connectivity index (χ4v) is 2.99. The lowest BCUT2D eigenvalue weighted by atomic mass is 9.79. The van der Waals surface area contributed by atoms with Gasteiger partial charge in [-0.15, -0.1) is 0 Å². The van der Waals surface area contributed by atoms with Crippen LogP contribution < -0.4 is 11.1 Å². The van der Waals surface area contributed by atoms with Crippen LogP contribution in [-0.4, -0.2) is 23.1 Å². The molecule has 0 amide bonds. The zero-order valence-corrected chi connectivity index (χ0v) is 11.9. The minimum absolute atomic E-state index is 0.679. The summed E-state index contributed by atoms with van der Waals surface area (Å²) >= 11 is 0. The Morgan fingerprint density at radius 3 is 2.79 bits per heavy atom. The molecule has 1 aliphatic carbocycles. The number of nitrogens with two attached hydrogens (primary N) is 1. The van der Waals surface area contributed by atoms with Gasteiger partial charge in [-0.2, -0.15) is 0 Å². The molecule has 0 radical (unpaired) electrons. The number of aryl methyl sites for hydroxylation is 1. The monoisotopic (exact) mass is 262 g/mol. The molecule has 2 unspecified atom stereocenters. The van der Waals surface area contributed by atoms with Crippen LogP contribution in [0.15, 0.2) is 12.4 Å². The van der Waals surface area contributed by atoms with Crippen LogP contribution in [0, 0.1) is 11.8 Å². The molecule has 0 spiro atoms. The summed E-state index contributed by atoms with van der Waals surface area (Å²) in [4.78, 5) is 8.59. The summed E-state index contributed by atoms with van der Waals surface area (Å²) in [6.45, 7) is 3.98. The van der Waals surface area contributed by atoms with E-state index in [9.17, 15) is 0 Å². The third-order valence-corrected chi connectivity index (χ3v) is 4.14. The largest absolute Gasteiger partial charge is 0.370 e. The summed E-state index contributed by atoms with van der Waals surface area (Å²) < 4.78 is 0. The molecule has 1 heterocycles. The first-order chi connectivity index (χ1) is 9.33. The molecule has 1 aliphatic rings. The Balaban J connectivity index is 1.88. The van der Waals surface area contributed by atoms with Gasteiger partial charge in [0.15, 0.2) is 0 Å². The minimum Gasteiger partial charge on any atom is -0.370 e. The van der Waals surface area contributed by atoms with E-state index >= 15 is 0 Å². The van der Waals surface area contributed by atoms with Gasteiger partial charge in [0.2, 0.25) is 0 Å². The van der Waals surface area contributed by atoms with Crippen LogP contribution in [-0.2, 0) is 6.42 Å². The number of hydrogen-bond acceptors (Lipinski definition) is 4. The summed E-state index contributed by atoms with van der Waals surface area (Å²) in [7, 11) is 0. The van der Waals surface area contributed by atoms with Crippen molar-refractivity contribution in [3.05, 3.63) is 18.1 Å². The zero-order valence-electron chi connectivity index (χ0n) is 11.9. The Bertz CT molecular complexity index is 380. The molecule has 0 saturated heterocycles. The van der Waals surface area contributed by atoms with Crippen LogP contribution in [0.4, 0.5) is 5.82 Å². The Hall–Kier alpha value is -1.16. The van der Waals surface area contributed by atoms with Gasteiger partial charge < -0.3 is 11.1 Å². The van der Waals surface area contributed by atoms with E-state index in [-0.39, 0.29) is 0 Å². The van der Waals surface area contributed by atoms with Gasteiger partial charge in [0.1, 0.15) is 12.1 Å². The van der Waals surface area contributed by atoms with E-state index in [1.54, 1.807) is 6.33 Å². The van der Waals surface area contributed by atoms with Gasteiger partial charge in [0.05, 0.1) is 0 Å². The van der Waals surface area contributed by atoms with Crippen molar-refractivity contribution in [3.63, 3.8) is 0 Å². The van der Waals surface area contributed by atoms with E-state index in [0.29, 0.717) is 11.8 Å². The molecular formula is C15H26N4. The third-order valence-electron chi connectivity index (χ3n) is 4.14. The van der Waals surface area contributed by atoms with Crippen molar-refractivity contribution in [2.24, 2.45) is 17.6 Å². The van der Waals surface area contributed by atoms with Crippen LogP contribution in [0.2, 0.25) is 0 Å². The fraction of sp³-hybridized carbons (Fsp3) is 0.733. The highest BCUT2D eigenvalue weighted by molar-refractivity contribution is 5.34. The van der Waals surface area contributed by atoms with Gasteiger partial charge in [-0.25, -0.2) is 9.97 Å². The number of nitrogens with one attached hydrogen (secondary N) is 1. The van der Waals surface area contributed by atoms with Crippen LogP contribution in [0.3, 0.4) is 0 Å². The van der Waals surface area contributed by atoms with E-state index < -0.39 is 0 Å². The molecule has 4 nitrogen and oxygen atoms in total. The van der Waals surface area contributed by atoms with E-state index in [4.69, 9.17) is 5.73 Å². The van der Waals surface area contributed by atoms with Crippen LogP contribution >= 0.6 is 0 Å². The predicted molar refractivity (Wildman–Crippen MR) is 79.0 cm³/mol. The first kappa shape index (κ1) is 14.3. The lowest BCUT2D eigenvalue weighted by molar-refractivity contribution is 0.255. The van der Waals surface area contributed by atoms with Gasteiger partial charge in [-0.05, 0) is 37.6 Å². The predicted octanol–water partition coefficient (Wildman–Crippen LogP) is 2.61. The van der Waals surface area contributed by atoms with Crippen molar-refractivity contribution in [2.45, 2.75) is 45.4 Å². The lowest BCUT2D eigenvalue weighted by Crippen LogP contribution is -2.31. The van der Waals surface area contributed by atoms with Crippen molar-refractivity contribution >= 4 is 5.82 Å². The molecular weight excluding hydrogens is 236 g/mol. The second-order valence-electron chi connectivity index (χ2n) is 5.57. The van der Waals surface area contributed by atoms with Crippen molar-refractivity contribution in [3.8, 4) is 0 Å². The standard InChI is InChI=1S/C15H26N4/c1-2-5-14-8-15(19-11-18-14)17-10-13-7-4-3-6-12(13)9-16/h8,11-13H,2-7,9-10,16H2,1H3,(H,17,18,19). The maximum absolute atomic E-state index is 5.87. The molecule has 1 saturated carbocycles. The molecule has 19 heavy (non-hydrogen) atoms. The average molecular weight is 262 g/mol. The molecule has 1 aromatic heterocycles. The van der Waals surface area contributed by atoms with E-state index in [0.717, 1.165) is 37.4 Å². The van der Waals surface area contributed by atoms with Gasteiger partial charge in [0.25, 0.3) is 0 Å². The molecule has 3 N–H and O–H groups in total. The second-order valence-corrected chi connectivity index (χ2v) is 5.57. The Morgan fingerprint density at radius 1 is 1.26 bits per heavy atom. The quantitative estimate of drug-likeness (QED) is 0.827. The molecule has 0 bridgehead atoms. The highest BCUT2D eigenvalue weighted by Crippen LogP contribution is 2.29. The second kappa shape index (κ2) is 7.43. The molecule has 4 heteroatoms. The topological polar surface area (TPSA) is 63.8 Å². The van der Waals surface area contributed by atoms with Crippen LogP contribution in [0.25, 0.3) is 0 Å². The zero-order chi connectivity index (χ0) is 13.5. The SMILES string of the molecule is CCCc1cc(NCC2CCCCC2CN)ncn1. The normalized spacial score (nSPS) is 23.3. The maximum atomic E-state index is 5.87. The van der Waals surface area contributed by atoms with Gasteiger partial charge in [-0.3, -0.25) is 0 Å². The average Bonchev–Trinajstić information content (AvgIpc) is 2.46. The van der Waals surface area contributed by atoms with Crippen molar-refractivity contribution in [2.75, 3.05) is 18.4 Å². The fourth-order valence-electron chi connectivity index (χ4n) is 2.99. The summed E-state index contributed by atoms with van der Waals surface area (Å²) in [5.74, 6) is 2.33. The first-order valence-electron chi connectivity index (χ1n) is 7.58. The third kappa shape index (κ3) is 4.16. The smallest absolute Gasteiger partial charge is 0.129 e. The van der Waals surface area contributed by atoms with Crippen molar-refractivity contribution in [1.82, 2.24) is 9.97 Å². The summed E-state index contributed by atoms with van der Waals surface area (Å²) in [6.07, 6.45) is 9.06. The highest BCUT2D eigenvalue weighted by Gasteiger charge is 2.23. The Morgan fingerprint density at radius 2 is 2.05 bits per heavy atom.